The van der Waals surface area contributed by atoms with Gasteiger partial charge in [-0.05, 0) is 19.1 Å². The Balaban J connectivity index is 3.24. The zero-order valence-electron chi connectivity index (χ0n) is 9.06. The molecule has 2 N–H and O–H groups in total. The van der Waals surface area contributed by atoms with Crippen LogP contribution in [0.4, 0.5) is 0 Å². The van der Waals surface area contributed by atoms with Crippen LogP contribution >= 0.6 is 0 Å². The van der Waals surface area contributed by atoms with Gasteiger partial charge in [0.15, 0.2) is 5.57 Å². The summed E-state index contributed by atoms with van der Waals surface area (Å²) in [6.07, 6.45) is 1.39. The van der Waals surface area contributed by atoms with Crippen molar-refractivity contribution < 1.29 is 4.42 Å². The van der Waals surface area contributed by atoms with Gasteiger partial charge in [0.1, 0.15) is 29.7 Å². The molecule has 0 aliphatic rings. The average Bonchev–Trinajstić information content (AvgIpc) is 2.73. The monoisotopic (exact) mass is 224 g/mol. The molecule has 82 valence electrons. The number of hydrogen-bond donors (Lipinski definition) is 1. The largest absolute Gasteiger partial charge is 0.462 e. The summed E-state index contributed by atoms with van der Waals surface area (Å²) in [6.45, 7) is 1.76. The zero-order valence-corrected chi connectivity index (χ0v) is 9.06. The van der Waals surface area contributed by atoms with Gasteiger partial charge in [0.25, 0.3) is 0 Å². The molecule has 0 aliphatic heterocycles. The van der Waals surface area contributed by atoms with Crippen LogP contribution in [0.3, 0.4) is 0 Å². The van der Waals surface area contributed by atoms with Crippen LogP contribution in [0.25, 0.3) is 6.08 Å². The molecule has 1 heterocycles. The zero-order chi connectivity index (χ0) is 12.8. The van der Waals surface area contributed by atoms with Gasteiger partial charge in [-0.2, -0.15) is 15.8 Å². The number of hydrogen-bond acceptors (Lipinski definition) is 5. The van der Waals surface area contributed by atoms with Crippen LogP contribution in [0, 0.1) is 40.9 Å². The van der Waals surface area contributed by atoms with Crippen molar-refractivity contribution in [3.05, 3.63) is 40.5 Å². The van der Waals surface area contributed by atoms with Crippen molar-refractivity contribution in [3.63, 3.8) is 0 Å². The minimum atomic E-state index is -0.291. The lowest BCUT2D eigenvalue weighted by atomic mass is 10.1. The van der Waals surface area contributed by atoms with E-state index in [2.05, 4.69) is 0 Å². The third-order valence-electron chi connectivity index (χ3n) is 1.95. The number of allylic oxidation sites excluding steroid dienone is 2. The van der Waals surface area contributed by atoms with Crippen molar-refractivity contribution in [2.75, 3.05) is 0 Å². The van der Waals surface area contributed by atoms with Crippen LogP contribution in [0.5, 0.6) is 0 Å². The summed E-state index contributed by atoms with van der Waals surface area (Å²) < 4.78 is 5.24. The fraction of sp³-hybridized carbons (Fsp3) is 0.0833. The summed E-state index contributed by atoms with van der Waals surface area (Å²) in [7, 11) is 0. The first-order valence-corrected chi connectivity index (χ1v) is 4.61. The van der Waals surface area contributed by atoms with E-state index < -0.39 is 0 Å². The average molecular weight is 224 g/mol. The number of rotatable bonds is 2. The lowest BCUT2D eigenvalue weighted by Gasteiger charge is -1.97. The predicted molar refractivity (Wildman–Crippen MR) is 59.5 cm³/mol. The fourth-order valence-corrected chi connectivity index (χ4v) is 1.12. The van der Waals surface area contributed by atoms with E-state index in [-0.39, 0.29) is 16.8 Å². The summed E-state index contributed by atoms with van der Waals surface area (Å²) >= 11 is 0. The van der Waals surface area contributed by atoms with Crippen molar-refractivity contribution in [1.82, 2.24) is 0 Å². The lowest BCUT2D eigenvalue weighted by molar-refractivity contribution is 0.525. The maximum Gasteiger partial charge on any atom is 0.153 e. The quantitative estimate of drug-likeness (QED) is 0.607. The topological polar surface area (TPSA) is 111 Å². The van der Waals surface area contributed by atoms with E-state index in [1.54, 1.807) is 31.2 Å². The Kier molecular flexibility index (Phi) is 3.71. The highest BCUT2D eigenvalue weighted by Gasteiger charge is 2.08. The molecule has 0 spiro atoms. The van der Waals surface area contributed by atoms with E-state index in [4.69, 9.17) is 25.9 Å². The van der Waals surface area contributed by atoms with Crippen LogP contribution in [0.1, 0.15) is 11.5 Å². The van der Waals surface area contributed by atoms with E-state index in [0.717, 1.165) is 0 Å². The van der Waals surface area contributed by atoms with Crippen LogP contribution in [0.15, 0.2) is 33.4 Å². The van der Waals surface area contributed by atoms with E-state index >= 15 is 0 Å². The first-order chi connectivity index (χ1) is 8.12. The van der Waals surface area contributed by atoms with Crippen LogP contribution in [-0.4, -0.2) is 0 Å². The highest BCUT2D eigenvalue weighted by molar-refractivity contribution is 5.64. The Morgan fingerprint density at radius 1 is 1.24 bits per heavy atom. The predicted octanol–water partition coefficient (Wildman–Crippen LogP) is 1.75. The first kappa shape index (κ1) is 12.1. The van der Waals surface area contributed by atoms with Gasteiger partial charge in [-0.15, -0.1) is 0 Å². The second kappa shape index (κ2) is 5.21. The minimum absolute atomic E-state index is 0.0254. The molecule has 1 aromatic heterocycles. The Morgan fingerprint density at radius 2 is 1.88 bits per heavy atom. The van der Waals surface area contributed by atoms with Crippen molar-refractivity contribution in [2.24, 2.45) is 5.73 Å². The highest BCUT2D eigenvalue weighted by Crippen LogP contribution is 2.15. The molecule has 0 saturated carbocycles. The molecule has 0 unspecified atom stereocenters. The summed E-state index contributed by atoms with van der Waals surface area (Å²) in [6, 6.07) is 8.48. The third-order valence-corrected chi connectivity index (χ3v) is 1.95. The molecule has 0 saturated heterocycles. The molecular weight excluding hydrogens is 216 g/mol. The third kappa shape index (κ3) is 2.75. The maximum atomic E-state index is 8.91. The van der Waals surface area contributed by atoms with Crippen LogP contribution in [-0.2, 0) is 0 Å². The van der Waals surface area contributed by atoms with Crippen molar-refractivity contribution in [3.8, 4) is 18.2 Å². The van der Waals surface area contributed by atoms with Gasteiger partial charge in [-0.25, -0.2) is 0 Å². The number of nitrogens with two attached hydrogens (primary N) is 1. The molecule has 5 nitrogen and oxygen atoms in total. The first-order valence-electron chi connectivity index (χ1n) is 4.61. The molecule has 0 aliphatic carbocycles. The van der Waals surface area contributed by atoms with Gasteiger partial charge in [-0.3, -0.25) is 0 Å². The van der Waals surface area contributed by atoms with Gasteiger partial charge in [0.2, 0.25) is 0 Å². The van der Waals surface area contributed by atoms with E-state index in [1.165, 1.54) is 6.08 Å². The van der Waals surface area contributed by atoms with Crippen LogP contribution < -0.4 is 5.73 Å². The van der Waals surface area contributed by atoms with Gasteiger partial charge in [0, 0.05) is 6.08 Å². The summed E-state index contributed by atoms with van der Waals surface area (Å²) in [4.78, 5) is 0. The number of nitrogens with zero attached hydrogens (tertiary/aromatic N) is 3. The van der Waals surface area contributed by atoms with Crippen molar-refractivity contribution in [1.29, 1.82) is 15.8 Å². The van der Waals surface area contributed by atoms with E-state index in [9.17, 15) is 0 Å². The molecule has 0 fully saturated rings. The van der Waals surface area contributed by atoms with Crippen molar-refractivity contribution >= 4 is 6.08 Å². The second-order valence-electron chi connectivity index (χ2n) is 3.13. The Bertz CT molecular complexity index is 598. The molecule has 0 amide bonds. The number of nitriles is 3. The standard InChI is InChI=1S/C12H8N4O/c1-8-2-3-11(17-8)4-9(5-13)12(16)10(6-14)7-15/h2-4H,16H2,1H3/b9-4+. The molecule has 0 aromatic carbocycles. The van der Waals surface area contributed by atoms with E-state index in [1.807, 2.05) is 6.07 Å². The van der Waals surface area contributed by atoms with Gasteiger partial charge in [-0.1, -0.05) is 0 Å². The fourth-order valence-electron chi connectivity index (χ4n) is 1.12. The van der Waals surface area contributed by atoms with Gasteiger partial charge in [0.05, 0.1) is 11.3 Å². The molecule has 5 heteroatoms. The molecule has 0 bridgehead atoms. The number of furan rings is 1. The molecular formula is C12H8N4O. The lowest BCUT2D eigenvalue weighted by Crippen LogP contribution is -2.03. The molecule has 1 aromatic rings. The maximum absolute atomic E-state index is 8.91. The second-order valence-corrected chi connectivity index (χ2v) is 3.13. The van der Waals surface area contributed by atoms with Crippen LogP contribution in [0.2, 0.25) is 0 Å². The SMILES string of the molecule is Cc1ccc(/C=C(\C#N)C(N)=C(C#N)C#N)o1. The number of aryl methyl sites for hydroxylation is 1. The Hall–Kier alpha value is -2.97. The normalized spacial score (nSPS) is 9.88. The van der Waals surface area contributed by atoms with Gasteiger partial charge < -0.3 is 10.2 Å². The summed E-state index contributed by atoms with van der Waals surface area (Å²) in [5, 5.41) is 26.2. The van der Waals surface area contributed by atoms with E-state index in [0.29, 0.717) is 11.5 Å². The minimum Gasteiger partial charge on any atom is -0.462 e. The summed E-state index contributed by atoms with van der Waals surface area (Å²) in [5.41, 5.74) is 5.14. The van der Waals surface area contributed by atoms with Gasteiger partial charge >= 0.3 is 0 Å². The molecule has 17 heavy (non-hydrogen) atoms. The molecule has 1 rings (SSSR count). The molecule has 0 radical (unpaired) electrons. The Morgan fingerprint density at radius 3 is 2.29 bits per heavy atom. The molecule has 0 atom stereocenters. The smallest absolute Gasteiger partial charge is 0.153 e. The summed E-state index contributed by atoms with van der Waals surface area (Å²) in [5.74, 6) is 1.13. The van der Waals surface area contributed by atoms with Crippen molar-refractivity contribution in [2.45, 2.75) is 6.92 Å². The Labute approximate surface area is 98.3 Å². The highest BCUT2D eigenvalue weighted by atomic mass is 16.3.